The molecule has 3 aromatic heterocycles. The second-order valence-corrected chi connectivity index (χ2v) is 8.23. The molecule has 0 unspecified atom stereocenters. The number of benzene rings is 1. The number of anilines is 1. The van der Waals surface area contributed by atoms with Gasteiger partial charge in [-0.2, -0.15) is 0 Å². The number of hydrogen-bond donors (Lipinski definition) is 2. The standard InChI is InChI=1S/C25H25N5O/c1-16-12-21-22(29-24(16)26)13-23(28-21)25(31)30(20-8-5-9-20)15-19-11-10-18(14-27-19)17-6-3-2-4-7-17/h2-4,6-7,10-14,20,28H,5,8-9,15H2,1H3,(H2,26,29). The fourth-order valence-corrected chi connectivity index (χ4v) is 4.00. The van der Waals surface area contributed by atoms with Crippen molar-refractivity contribution < 1.29 is 4.79 Å². The number of nitrogens with zero attached hydrogens (tertiary/aromatic N) is 3. The van der Waals surface area contributed by atoms with Crippen LogP contribution in [0.15, 0.2) is 60.8 Å². The van der Waals surface area contributed by atoms with Crippen molar-refractivity contribution in [3.8, 4) is 11.1 Å². The van der Waals surface area contributed by atoms with Crippen molar-refractivity contribution in [1.82, 2.24) is 19.9 Å². The molecule has 1 aromatic carbocycles. The Labute approximate surface area is 181 Å². The van der Waals surface area contributed by atoms with Crippen LogP contribution in [0.1, 0.15) is 41.0 Å². The van der Waals surface area contributed by atoms with E-state index in [0.29, 0.717) is 23.6 Å². The molecule has 3 N–H and O–H groups in total. The van der Waals surface area contributed by atoms with Crippen LogP contribution < -0.4 is 5.73 Å². The Bertz CT molecular complexity index is 1190. The number of rotatable bonds is 5. The number of aromatic amines is 1. The maximum atomic E-state index is 13.4. The predicted molar refractivity (Wildman–Crippen MR) is 122 cm³/mol. The Morgan fingerprint density at radius 2 is 1.94 bits per heavy atom. The number of carbonyl (C=O) groups is 1. The highest BCUT2D eigenvalue weighted by Gasteiger charge is 2.30. The highest BCUT2D eigenvalue weighted by Crippen LogP contribution is 2.29. The minimum atomic E-state index is -0.0205. The van der Waals surface area contributed by atoms with Crippen molar-refractivity contribution in [2.75, 3.05) is 5.73 Å². The molecule has 0 spiro atoms. The first-order chi connectivity index (χ1) is 15.1. The molecule has 1 amide bonds. The predicted octanol–water partition coefficient (Wildman–Crippen LogP) is 4.71. The van der Waals surface area contributed by atoms with Crippen LogP contribution in [0, 0.1) is 6.92 Å². The summed E-state index contributed by atoms with van der Waals surface area (Å²) in [5, 5.41) is 0. The second-order valence-electron chi connectivity index (χ2n) is 8.23. The van der Waals surface area contributed by atoms with Crippen LogP contribution in [-0.4, -0.2) is 31.8 Å². The van der Waals surface area contributed by atoms with Gasteiger partial charge in [-0.05, 0) is 55.5 Å². The summed E-state index contributed by atoms with van der Waals surface area (Å²) in [4.78, 5) is 27.6. The van der Waals surface area contributed by atoms with Gasteiger partial charge in [0.15, 0.2) is 0 Å². The summed E-state index contributed by atoms with van der Waals surface area (Å²) in [6, 6.07) is 18.2. The lowest BCUT2D eigenvalue weighted by molar-refractivity contribution is 0.0548. The summed E-state index contributed by atoms with van der Waals surface area (Å²) in [6.45, 7) is 2.40. The van der Waals surface area contributed by atoms with Crippen molar-refractivity contribution in [3.05, 3.63) is 77.7 Å². The Morgan fingerprint density at radius 1 is 1.13 bits per heavy atom. The largest absolute Gasteiger partial charge is 0.383 e. The SMILES string of the molecule is Cc1cc2[nH]c(C(=O)N(Cc3ccc(-c4ccccc4)cn3)C3CCC3)cc2nc1N. The van der Waals surface area contributed by atoms with Crippen LogP contribution in [0.25, 0.3) is 22.2 Å². The summed E-state index contributed by atoms with van der Waals surface area (Å²) in [5.74, 6) is 0.469. The number of H-pyrrole nitrogens is 1. The first-order valence-electron chi connectivity index (χ1n) is 10.7. The number of hydrogen-bond acceptors (Lipinski definition) is 4. The molecular weight excluding hydrogens is 386 g/mol. The summed E-state index contributed by atoms with van der Waals surface area (Å²) < 4.78 is 0. The van der Waals surface area contributed by atoms with Gasteiger partial charge in [-0.15, -0.1) is 0 Å². The van der Waals surface area contributed by atoms with Gasteiger partial charge in [0.25, 0.3) is 5.91 Å². The topological polar surface area (TPSA) is 87.9 Å². The molecule has 156 valence electrons. The zero-order valence-electron chi connectivity index (χ0n) is 17.5. The van der Waals surface area contributed by atoms with E-state index >= 15 is 0 Å². The van der Waals surface area contributed by atoms with E-state index in [2.05, 4.69) is 33.2 Å². The van der Waals surface area contributed by atoms with Crippen molar-refractivity contribution in [1.29, 1.82) is 0 Å². The van der Waals surface area contributed by atoms with E-state index in [-0.39, 0.29) is 11.9 Å². The van der Waals surface area contributed by atoms with Gasteiger partial charge >= 0.3 is 0 Å². The molecule has 1 aliphatic carbocycles. The van der Waals surface area contributed by atoms with E-state index in [0.717, 1.165) is 47.2 Å². The molecule has 0 radical (unpaired) electrons. The normalized spacial score (nSPS) is 13.8. The summed E-state index contributed by atoms with van der Waals surface area (Å²) in [6.07, 6.45) is 5.09. The third-order valence-electron chi connectivity index (χ3n) is 6.10. The lowest BCUT2D eigenvalue weighted by Gasteiger charge is -2.37. The van der Waals surface area contributed by atoms with Crippen molar-refractivity contribution in [2.45, 2.75) is 38.8 Å². The van der Waals surface area contributed by atoms with E-state index in [1.54, 1.807) is 6.07 Å². The molecule has 3 heterocycles. The molecule has 1 aliphatic rings. The summed E-state index contributed by atoms with van der Waals surface area (Å²) >= 11 is 0. The van der Waals surface area contributed by atoms with Crippen LogP contribution in [0.2, 0.25) is 0 Å². The first kappa shape index (κ1) is 19.3. The van der Waals surface area contributed by atoms with Gasteiger partial charge in [0.1, 0.15) is 11.5 Å². The Balaban J connectivity index is 1.40. The molecule has 0 saturated heterocycles. The summed E-state index contributed by atoms with van der Waals surface area (Å²) in [5.41, 5.74) is 12.0. The quantitative estimate of drug-likeness (QED) is 0.498. The lowest BCUT2D eigenvalue weighted by Crippen LogP contribution is -2.44. The van der Waals surface area contributed by atoms with Gasteiger partial charge in [-0.3, -0.25) is 9.78 Å². The number of fused-ring (bicyclic) bond motifs is 1. The maximum Gasteiger partial charge on any atom is 0.270 e. The number of aryl methyl sites for hydroxylation is 1. The third kappa shape index (κ3) is 3.77. The Kier molecular flexibility index (Phi) is 4.90. The van der Waals surface area contributed by atoms with Gasteiger partial charge in [-0.1, -0.05) is 36.4 Å². The lowest BCUT2D eigenvalue weighted by atomic mass is 9.91. The molecule has 6 heteroatoms. The molecule has 0 atom stereocenters. The van der Waals surface area contributed by atoms with Crippen LogP contribution >= 0.6 is 0 Å². The molecule has 1 saturated carbocycles. The summed E-state index contributed by atoms with van der Waals surface area (Å²) in [7, 11) is 0. The fourth-order valence-electron chi connectivity index (χ4n) is 4.00. The van der Waals surface area contributed by atoms with E-state index in [1.165, 1.54) is 0 Å². The molecular formula is C25H25N5O. The van der Waals surface area contributed by atoms with Gasteiger partial charge in [0, 0.05) is 17.8 Å². The zero-order chi connectivity index (χ0) is 21.4. The number of nitrogens with two attached hydrogens (primary N) is 1. The molecule has 1 fully saturated rings. The number of aromatic nitrogens is 3. The van der Waals surface area contributed by atoms with E-state index in [4.69, 9.17) is 5.73 Å². The van der Waals surface area contributed by atoms with Crippen molar-refractivity contribution >= 4 is 22.8 Å². The van der Waals surface area contributed by atoms with Gasteiger partial charge in [0.05, 0.1) is 23.3 Å². The average molecular weight is 412 g/mol. The average Bonchev–Trinajstić information content (AvgIpc) is 3.15. The minimum absolute atomic E-state index is 0.0205. The van der Waals surface area contributed by atoms with Crippen LogP contribution in [0.3, 0.4) is 0 Å². The molecule has 6 nitrogen and oxygen atoms in total. The van der Waals surface area contributed by atoms with Crippen molar-refractivity contribution in [3.63, 3.8) is 0 Å². The molecule has 0 bridgehead atoms. The molecule has 31 heavy (non-hydrogen) atoms. The fraction of sp³-hybridized carbons (Fsp3) is 0.240. The molecule has 4 aromatic rings. The smallest absolute Gasteiger partial charge is 0.270 e. The third-order valence-corrected chi connectivity index (χ3v) is 6.10. The highest BCUT2D eigenvalue weighted by atomic mass is 16.2. The van der Waals surface area contributed by atoms with Gasteiger partial charge in [0.2, 0.25) is 0 Å². The molecule has 0 aliphatic heterocycles. The van der Waals surface area contributed by atoms with E-state index in [9.17, 15) is 4.79 Å². The van der Waals surface area contributed by atoms with Crippen LogP contribution in [0.5, 0.6) is 0 Å². The Hall–Kier alpha value is -3.67. The number of nitrogens with one attached hydrogen (secondary N) is 1. The minimum Gasteiger partial charge on any atom is -0.383 e. The molecule has 5 rings (SSSR count). The van der Waals surface area contributed by atoms with Gasteiger partial charge < -0.3 is 15.6 Å². The number of amides is 1. The maximum absolute atomic E-state index is 13.4. The monoisotopic (exact) mass is 411 g/mol. The van der Waals surface area contributed by atoms with Crippen molar-refractivity contribution in [2.24, 2.45) is 0 Å². The second kappa shape index (κ2) is 7.87. The first-order valence-corrected chi connectivity index (χ1v) is 10.7. The Morgan fingerprint density at radius 3 is 2.61 bits per heavy atom. The highest BCUT2D eigenvalue weighted by molar-refractivity contribution is 5.97. The zero-order valence-corrected chi connectivity index (χ0v) is 17.5. The number of pyridine rings is 2. The van der Waals surface area contributed by atoms with Crippen LogP contribution in [-0.2, 0) is 6.54 Å². The number of carbonyl (C=O) groups excluding carboxylic acids is 1. The number of nitrogen functional groups attached to an aromatic ring is 1. The van der Waals surface area contributed by atoms with E-state index in [1.807, 2.05) is 48.4 Å². The van der Waals surface area contributed by atoms with Crippen LogP contribution in [0.4, 0.5) is 5.82 Å². The van der Waals surface area contributed by atoms with E-state index < -0.39 is 0 Å². The van der Waals surface area contributed by atoms with Gasteiger partial charge in [-0.25, -0.2) is 4.98 Å².